The predicted octanol–water partition coefficient (Wildman–Crippen LogP) is 4.95. The third-order valence-corrected chi connectivity index (χ3v) is 4.33. The van der Waals surface area contributed by atoms with Gasteiger partial charge in [-0.1, -0.05) is 33.8 Å². The molecule has 0 fully saturated rings. The highest BCUT2D eigenvalue weighted by Crippen LogP contribution is 2.37. The molecule has 19 heavy (non-hydrogen) atoms. The van der Waals surface area contributed by atoms with Crippen molar-refractivity contribution in [2.24, 2.45) is 16.8 Å². The van der Waals surface area contributed by atoms with Crippen LogP contribution in [0.1, 0.15) is 46.6 Å². The second-order valence-electron chi connectivity index (χ2n) is 6.65. The molecule has 0 spiro atoms. The van der Waals surface area contributed by atoms with Gasteiger partial charge < -0.3 is 5.32 Å². The van der Waals surface area contributed by atoms with Crippen LogP contribution >= 0.6 is 0 Å². The van der Waals surface area contributed by atoms with E-state index in [1.165, 1.54) is 17.0 Å². The molecule has 2 nitrogen and oxygen atoms in total. The number of hydrogen-bond acceptors (Lipinski definition) is 2. The van der Waals surface area contributed by atoms with Crippen LogP contribution in [0.25, 0.3) is 0 Å². The van der Waals surface area contributed by atoms with E-state index < -0.39 is 0 Å². The van der Waals surface area contributed by atoms with Crippen LogP contribution in [0.5, 0.6) is 0 Å². The van der Waals surface area contributed by atoms with Crippen molar-refractivity contribution in [2.75, 3.05) is 5.32 Å². The maximum Gasteiger partial charge on any atom is 0.0860 e. The van der Waals surface area contributed by atoms with E-state index in [9.17, 15) is 0 Å². The number of anilines is 1. The number of rotatable bonds is 2. The first-order chi connectivity index (χ1) is 8.82. The fraction of sp³-hybridized carbons (Fsp3) is 0.588. The van der Waals surface area contributed by atoms with E-state index in [0.717, 1.165) is 12.1 Å². The molecule has 104 valence electrons. The second kappa shape index (κ2) is 4.99. The maximum atomic E-state index is 4.91. The standard InChI is InChI=1S/C17H26N2/c1-11(2)16-10-17(6,12(3)4)19-15-9-13(5)7-8-14(15)18-16/h7-9,11-12,19H,10H2,1-6H3. The second-order valence-corrected chi connectivity index (χ2v) is 6.65. The molecular weight excluding hydrogens is 232 g/mol. The number of benzene rings is 1. The highest BCUT2D eigenvalue weighted by atomic mass is 15.0. The number of nitrogens with one attached hydrogen (secondary N) is 1. The van der Waals surface area contributed by atoms with Gasteiger partial charge in [0.25, 0.3) is 0 Å². The van der Waals surface area contributed by atoms with Gasteiger partial charge in [-0.05, 0) is 43.4 Å². The Hall–Kier alpha value is -1.31. The molecule has 1 aliphatic rings. The highest BCUT2D eigenvalue weighted by Gasteiger charge is 2.33. The molecule has 0 amide bonds. The summed E-state index contributed by atoms with van der Waals surface area (Å²) in [7, 11) is 0. The zero-order valence-electron chi connectivity index (χ0n) is 13.0. The van der Waals surface area contributed by atoms with Gasteiger partial charge in [0.2, 0.25) is 0 Å². The van der Waals surface area contributed by atoms with Gasteiger partial charge in [0.1, 0.15) is 0 Å². The van der Waals surface area contributed by atoms with Crippen molar-refractivity contribution in [2.45, 2.75) is 53.5 Å². The van der Waals surface area contributed by atoms with Crippen molar-refractivity contribution in [1.82, 2.24) is 0 Å². The Kier molecular flexibility index (Phi) is 3.71. The van der Waals surface area contributed by atoms with Gasteiger partial charge in [-0.25, -0.2) is 0 Å². The SMILES string of the molecule is Cc1ccc2c(c1)NC(C)(C(C)C)CC(C(C)C)=N2. The zero-order valence-corrected chi connectivity index (χ0v) is 13.0. The summed E-state index contributed by atoms with van der Waals surface area (Å²) in [6, 6.07) is 6.48. The third-order valence-electron chi connectivity index (χ3n) is 4.33. The van der Waals surface area contributed by atoms with Crippen molar-refractivity contribution in [1.29, 1.82) is 0 Å². The van der Waals surface area contributed by atoms with Crippen LogP contribution in [-0.4, -0.2) is 11.3 Å². The molecule has 1 unspecified atom stereocenters. The molecular formula is C17H26N2. The summed E-state index contributed by atoms with van der Waals surface area (Å²) >= 11 is 0. The van der Waals surface area contributed by atoms with E-state index in [-0.39, 0.29) is 5.54 Å². The van der Waals surface area contributed by atoms with Gasteiger partial charge in [-0.3, -0.25) is 4.99 Å². The smallest absolute Gasteiger partial charge is 0.0860 e. The van der Waals surface area contributed by atoms with E-state index >= 15 is 0 Å². The molecule has 0 aromatic heterocycles. The van der Waals surface area contributed by atoms with Gasteiger partial charge in [-0.2, -0.15) is 0 Å². The van der Waals surface area contributed by atoms with Gasteiger partial charge in [0.05, 0.1) is 11.4 Å². The number of aryl methyl sites for hydroxylation is 1. The summed E-state index contributed by atoms with van der Waals surface area (Å²) in [5, 5.41) is 3.75. The summed E-state index contributed by atoms with van der Waals surface area (Å²) in [6.45, 7) is 13.5. The van der Waals surface area contributed by atoms with Crippen LogP contribution in [-0.2, 0) is 0 Å². The molecule has 2 heteroatoms. The van der Waals surface area contributed by atoms with Crippen LogP contribution in [0, 0.1) is 18.8 Å². The average Bonchev–Trinajstić information content (AvgIpc) is 2.45. The molecule has 0 radical (unpaired) electrons. The first-order valence-electron chi connectivity index (χ1n) is 7.28. The Balaban J connectivity index is 2.54. The van der Waals surface area contributed by atoms with Crippen LogP contribution in [0.15, 0.2) is 23.2 Å². The minimum absolute atomic E-state index is 0.0716. The Labute approximate surface area is 117 Å². The molecule has 1 aromatic rings. The van der Waals surface area contributed by atoms with Crippen LogP contribution in [0.4, 0.5) is 11.4 Å². The van der Waals surface area contributed by atoms with Crippen molar-refractivity contribution < 1.29 is 0 Å². The summed E-state index contributed by atoms with van der Waals surface area (Å²) < 4.78 is 0. The number of aliphatic imine (C=N–C) groups is 1. The zero-order chi connectivity index (χ0) is 14.2. The summed E-state index contributed by atoms with van der Waals surface area (Å²) in [6.07, 6.45) is 1.01. The Morgan fingerprint density at radius 2 is 1.89 bits per heavy atom. The topological polar surface area (TPSA) is 24.4 Å². The molecule has 1 N–H and O–H groups in total. The molecule has 0 saturated heterocycles. The van der Waals surface area contributed by atoms with Gasteiger partial charge in [-0.15, -0.1) is 0 Å². The molecule has 0 saturated carbocycles. The lowest BCUT2D eigenvalue weighted by Gasteiger charge is -2.35. The lowest BCUT2D eigenvalue weighted by molar-refractivity contribution is 0.383. The Morgan fingerprint density at radius 3 is 2.47 bits per heavy atom. The third kappa shape index (κ3) is 2.83. The van der Waals surface area contributed by atoms with E-state index in [0.29, 0.717) is 11.8 Å². The monoisotopic (exact) mass is 258 g/mol. The summed E-state index contributed by atoms with van der Waals surface area (Å²) in [4.78, 5) is 4.91. The molecule has 0 bridgehead atoms. The normalized spacial score (nSPS) is 22.8. The first kappa shape index (κ1) is 14.1. The van der Waals surface area contributed by atoms with Crippen molar-refractivity contribution in [3.63, 3.8) is 0 Å². The summed E-state index contributed by atoms with van der Waals surface area (Å²) in [5.41, 5.74) is 4.90. The molecule has 1 aliphatic heterocycles. The quantitative estimate of drug-likeness (QED) is 0.797. The van der Waals surface area contributed by atoms with E-state index in [1.54, 1.807) is 0 Å². The van der Waals surface area contributed by atoms with Crippen molar-refractivity contribution in [3.05, 3.63) is 23.8 Å². The number of fused-ring (bicyclic) bond motifs is 1. The predicted molar refractivity (Wildman–Crippen MR) is 84.6 cm³/mol. The Morgan fingerprint density at radius 1 is 1.21 bits per heavy atom. The van der Waals surface area contributed by atoms with Crippen molar-refractivity contribution in [3.8, 4) is 0 Å². The summed E-state index contributed by atoms with van der Waals surface area (Å²) in [5.74, 6) is 1.05. The fourth-order valence-corrected chi connectivity index (χ4v) is 2.45. The van der Waals surface area contributed by atoms with E-state index in [2.05, 4.69) is 65.1 Å². The molecule has 0 aliphatic carbocycles. The van der Waals surface area contributed by atoms with Gasteiger partial charge in [0, 0.05) is 17.7 Å². The number of nitrogens with zero attached hydrogens (tertiary/aromatic N) is 1. The van der Waals surface area contributed by atoms with Crippen LogP contribution in [0.2, 0.25) is 0 Å². The first-order valence-corrected chi connectivity index (χ1v) is 7.28. The number of hydrogen-bond donors (Lipinski definition) is 1. The van der Waals surface area contributed by atoms with Gasteiger partial charge in [0.15, 0.2) is 0 Å². The molecule has 1 heterocycles. The van der Waals surface area contributed by atoms with Crippen LogP contribution < -0.4 is 5.32 Å². The lowest BCUT2D eigenvalue weighted by Crippen LogP contribution is -2.42. The Bertz CT molecular complexity index is 500. The molecule has 1 aromatic carbocycles. The minimum atomic E-state index is 0.0716. The van der Waals surface area contributed by atoms with Gasteiger partial charge >= 0.3 is 0 Å². The maximum absolute atomic E-state index is 4.91. The molecule has 2 rings (SSSR count). The largest absolute Gasteiger partial charge is 0.377 e. The van der Waals surface area contributed by atoms with Crippen LogP contribution in [0.3, 0.4) is 0 Å². The highest BCUT2D eigenvalue weighted by molar-refractivity contribution is 5.93. The molecule has 1 atom stereocenters. The average molecular weight is 258 g/mol. The van der Waals surface area contributed by atoms with E-state index in [4.69, 9.17) is 4.99 Å². The van der Waals surface area contributed by atoms with E-state index in [1.807, 2.05) is 0 Å². The minimum Gasteiger partial charge on any atom is -0.377 e. The fourth-order valence-electron chi connectivity index (χ4n) is 2.45. The van der Waals surface area contributed by atoms with Crippen molar-refractivity contribution >= 4 is 17.1 Å². The lowest BCUT2D eigenvalue weighted by atomic mass is 9.81.